The van der Waals surface area contributed by atoms with Crippen molar-refractivity contribution >= 4 is 28.6 Å². The smallest absolute Gasteiger partial charge is 0.262 e. The number of para-hydroxylation sites is 1. The molecular weight excluding hydrogens is 310 g/mol. The van der Waals surface area contributed by atoms with Gasteiger partial charge in [-0.2, -0.15) is 0 Å². The van der Waals surface area contributed by atoms with Gasteiger partial charge in [0.2, 0.25) is 5.91 Å². The zero-order chi connectivity index (χ0) is 16.8. The van der Waals surface area contributed by atoms with Gasteiger partial charge in [0.05, 0.1) is 16.7 Å². The minimum absolute atomic E-state index is 0.0324. The molecule has 2 rings (SSSR count). The number of aromatic nitrogens is 2. The lowest BCUT2D eigenvalue weighted by molar-refractivity contribution is -0.118. The van der Waals surface area contributed by atoms with Crippen LogP contribution in [-0.4, -0.2) is 27.8 Å². The summed E-state index contributed by atoms with van der Waals surface area (Å²) < 4.78 is 1.71. The SMILES string of the molecule is CCCNC(=O)CSc1nc2ccccc2c(=O)n1[C@@H](C)CC. The summed E-state index contributed by atoms with van der Waals surface area (Å²) in [6.45, 7) is 6.72. The maximum Gasteiger partial charge on any atom is 0.262 e. The predicted molar refractivity (Wildman–Crippen MR) is 95.0 cm³/mol. The van der Waals surface area contributed by atoms with Gasteiger partial charge in [-0.1, -0.05) is 37.7 Å². The molecule has 124 valence electrons. The van der Waals surface area contributed by atoms with Crippen LogP contribution in [0.25, 0.3) is 10.9 Å². The zero-order valence-electron chi connectivity index (χ0n) is 13.8. The molecular formula is C17H23N3O2S. The molecule has 0 radical (unpaired) electrons. The number of carbonyl (C=O) groups is 1. The monoisotopic (exact) mass is 333 g/mol. The molecule has 1 heterocycles. The summed E-state index contributed by atoms with van der Waals surface area (Å²) in [5.74, 6) is 0.233. The average molecular weight is 333 g/mol. The molecule has 0 aliphatic carbocycles. The van der Waals surface area contributed by atoms with E-state index in [1.54, 1.807) is 10.6 Å². The normalized spacial score (nSPS) is 12.3. The van der Waals surface area contributed by atoms with E-state index in [9.17, 15) is 9.59 Å². The maximum atomic E-state index is 12.8. The molecule has 0 spiro atoms. The van der Waals surface area contributed by atoms with E-state index in [-0.39, 0.29) is 23.3 Å². The molecule has 0 saturated carbocycles. The Balaban J connectivity index is 2.36. The summed E-state index contributed by atoms with van der Waals surface area (Å²) in [5, 5.41) is 4.07. The van der Waals surface area contributed by atoms with Crippen LogP contribution < -0.4 is 10.9 Å². The number of nitrogens with zero attached hydrogens (tertiary/aromatic N) is 2. The van der Waals surface area contributed by atoms with Gasteiger partial charge < -0.3 is 5.32 Å². The van der Waals surface area contributed by atoms with Crippen molar-refractivity contribution in [3.05, 3.63) is 34.6 Å². The van der Waals surface area contributed by atoms with Gasteiger partial charge in [0.25, 0.3) is 5.56 Å². The van der Waals surface area contributed by atoms with Crippen molar-refractivity contribution in [3.8, 4) is 0 Å². The number of fused-ring (bicyclic) bond motifs is 1. The first-order valence-corrected chi connectivity index (χ1v) is 8.97. The summed E-state index contributed by atoms with van der Waals surface area (Å²) in [6, 6.07) is 7.38. The van der Waals surface area contributed by atoms with Gasteiger partial charge in [-0.3, -0.25) is 14.2 Å². The molecule has 0 aliphatic heterocycles. The summed E-state index contributed by atoms with van der Waals surface area (Å²) in [7, 11) is 0. The highest BCUT2D eigenvalue weighted by molar-refractivity contribution is 7.99. The van der Waals surface area contributed by atoms with Crippen molar-refractivity contribution in [2.24, 2.45) is 0 Å². The molecule has 0 unspecified atom stereocenters. The molecule has 5 nitrogen and oxygen atoms in total. The Bertz CT molecular complexity index is 742. The highest BCUT2D eigenvalue weighted by Gasteiger charge is 2.16. The van der Waals surface area contributed by atoms with Crippen LogP contribution in [-0.2, 0) is 4.79 Å². The fourth-order valence-corrected chi connectivity index (χ4v) is 3.17. The van der Waals surface area contributed by atoms with E-state index in [0.29, 0.717) is 22.6 Å². The van der Waals surface area contributed by atoms with E-state index in [4.69, 9.17) is 0 Å². The second kappa shape index (κ2) is 8.15. The van der Waals surface area contributed by atoms with Crippen LogP contribution in [0.5, 0.6) is 0 Å². The zero-order valence-corrected chi connectivity index (χ0v) is 14.7. The molecule has 0 aliphatic rings. The van der Waals surface area contributed by atoms with Gasteiger partial charge in [-0.05, 0) is 31.9 Å². The van der Waals surface area contributed by atoms with Crippen LogP contribution in [0.2, 0.25) is 0 Å². The summed E-state index contributed by atoms with van der Waals surface area (Å²) >= 11 is 1.32. The number of nitrogens with one attached hydrogen (secondary N) is 1. The predicted octanol–water partition coefficient (Wildman–Crippen LogP) is 2.99. The first-order valence-electron chi connectivity index (χ1n) is 7.99. The van der Waals surface area contributed by atoms with Crippen LogP contribution in [0.1, 0.15) is 39.7 Å². The summed E-state index contributed by atoms with van der Waals surface area (Å²) in [5.41, 5.74) is 0.634. The molecule has 1 N–H and O–H groups in total. The number of hydrogen-bond acceptors (Lipinski definition) is 4. The molecule has 0 bridgehead atoms. The molecule has 1 aromatic carbocycles. The van der Waals surface area contributed by atoms with Gasteiger partial charge in [0.1, 0.15) is 0 Å². The average Bonchev–Trinajstić information content (AvgIpc) is 2.57. The molecule has 1 aromatic heterocycles. The minimum Gasteiger partial charge on any atom is -0.355 e. The highest BCUT2D eigenvalue weighted by atomic mass is 32.2. The minimum atomic E-state index is -0.0404. The first-order chi connectivity index (χ1) is 11.1. The Labute approximate surface area is 140 Å². The number of thioether (sulfide) groups is 1. The van der Waals surface area contributed by atoms with E-state index >= 15 is 0 Å². The third-order valence-corrected chi connectivity index (χ3v) is 4.66. The Hall–Kier alpha value is -1.82. The van der Waals surface area contributed by atoms with Crippen molar-refractivity contribution in [1.29, 1.82) is 0 Å². The Kier molecular flexibility index (Phi) is 6.21. The lowest BCUT2D eigenvalue weighted by atomic mass is 10.2. The quantitative estimate of drug-likeness (QED) is 0.625. The number of benzene rings is 1. The van der Waals surface area contributed by atoms with E-state index < -0.39 is 0 Å². The topological polar surface area (TPSA) is 64.0 Å². The van der Waals surface area contributed by atoms with Crippen LogP contribution >= 0.6 is 11.8 Å². The number of hydrogen-bond donors (Lipinski definition) is 1. The van der Waals surface area contributed by atoms with E-state index in [2.05, 4.69) is 10.3 Å². The fourth-order valence-electron chi connectivity index (χ4n) is 2.24. The molecule has 2 aromatic rings. The van der Waals surface area contributed by atoms with Crippen LogP contribution in [0, 0.1) is 0 Å². The number of rotatable bonds is 7. The van der Waals surface area contributed by atoms with Gasteiger partial charge in [-0.25, -0.2) is 4.98 Å². The highest BCUT2D eigenvalue weighted by Crippen LogP contribution is 2.22. The van der Waals surface area contributed by atoms with Crippen molar-refractivity contribution in [1.82, 2.24) is 14.9 Å². The lowest BCUT2D eigenvalue weighted by Gasteiger charge is -2.18. The molecule has 6 heteroatoms. The van der Waals surface area contributed by atoms with Crippen molar-refractivity contribution < 1.29 is 4.79 Å². The molecule has 1 amide bonds. The van der Waals surface area contributed by atoms with Crippen molar-refractivity contribution in [2.45, 2.75) is 44.8 Å². The van der Waals surface area contributed by atoms with Crippen LogP contribution in [0.15, 0.2) is 34.2 Å². The van der Waals surface area contributed by atoms with E-state index in [1.165, 1.54) is 11.8 Å². The van der Waals surface area contributed by atoms with Gasteiger partial charge in [-0.15, -0.1) is 0 Å². The standard InChI is InChI=1S/C17H23N3O2S/c1-4-10-18-15(21)11-23-17-19-14-9-7-6-8-13(14)16(22)20(17)12(3)5-2/h6-9,12H,4-5,10-11H2,1-3H3,(H,18,21)/t12-/m0/s1. The maximum absolute atomic E-state index is 12.8. The Morgan fingerprint density at radius 1 is 1.35 bits per heavy atom. The third kappa shape index (κ3) is 4.13. The van der Waals surface area contributed by atoms with E-state index in [0.717, 1.165) is 12.8 Å². The molecule has 0 saturated heterocycles. The summed E-state index contributed by atoms with van der Waals surface area (Å²) in [6.07, 6.45) is 1.73. The fraction of sp³-hybridized carbons (Fsp3) is 0.471. The Morgan fingerprint density at radius 2 is 2.09 bits per heavy atom. The van der Waals surface area contributed by atoms with Crippen LogP contribution in [0.3, 0.4) is 0 Å². The van der Waals surface area contributed by atoms with Gasteiger partial charge in [0, 0.05) is 12.6 Å². The molecule has 23 heavy (non-hydrogen) atoms. The first kappa shape index (κ1) is 17.5. The second-order valence-corrected chi connectivity index (χ2v) is 6.43. The van der Waals surface area contributed by atoms with Crippen molar-refractivity contribution in [3.63, 3.8) is 0 Å². The lowest BCUT2D eigenvalue weighted by Crippen LogP contribution is -2.28. The van der Waals surface area contributed by atoms with Gasteiger partial charge >= 0.3 is 0 Å². The molecule has 1 atom stereocenters. The van der Waals surface area contributed by atoms with Crippen LogP contribution in [0.4, 0.5) is 0 Å². The second-order valence-electron chi connectivity index (χ2n) is 5.48. The Morgan fingerprint density at radius 3 is 2.78 bits per heavy atom. The van der Waals surface area contributed by atoms with E-state index in [1.807, 2.05) is 39.0 Å². The third-order valence-electron chi connectivity index (χ3n) is 3.71. The largest absolute Gasteiger partial charge is 0.355 e. The van der Waals surface area contributed by atoms with Gasteiger partial charge in [0.15, 0.2) is 5.16 Å². The van der Waals surface area contributed by atoms with Crippen molar-refractivity contribution in [2.75, 3.05) is 12.3 Å². The number of amides is 1. The summed E-state index contributed by atoms with van der Waals surface area (Å²) in [4.78, 5) is 29.2. The molecule has 0 fully saturated rings. The number of carbonyl (C=O) groups excluding carboxylic acids is 1.